The van der Waals surface area contributed by atoms with Crippen molar-refractivity contribution in [3.05, 3.63) is 35.3 Å². The molecule has 6 rings (SSSR count). The summed E-state index contributed by atoms with van der Waals surface area (Å²) in [6.07, 6.45) is 9.86. The zero-order chi connectivity index (χ0) is 16.4. The normalized spacial score (nSPS) is 43.4. The van der Waals surface area contributed by atoms with E-state index in [-0.39, 0.29) is 5.60 Å². The van der Waals surface area contributed by atoms with Crippen molar-refractivity contribution in [3.63, 3.8) is 0 Å². The van der Waals surface area contributed by atoms with Crippen LogP contribution in [0.5, 0.6) is 0 Å². The highest BCUT2D eigenvalue weighted by atomic mass is 16.5. The first-order valence-corrected chi connectivity index (χ1v) is 9.34. The number of hydrogen-bond donors (Lipinski definition) is 0. The number of nitrogens with zero attached hydrogens (tertiary/aromatic N) is 3. The lowest BCUT2D eigenvalue weighted by Crippen LogP contribution is -2.73. The van der Waals surface area contributed by atoms with Gasteiger partial charge in [0, 0.05) is 37.6 Å². The fraction of sp³-hybridized carbons (Fsp3) is 0.700. The van der Waals surface area contributed by atoms with Crippen LogP contribution >= 0.6 is 0 Å². The Bertz CT molecular complexity index is 678. The van der Waals surface area contributed by atoms with Crippen molar-refractivity contribution in [1.82, 2.24) is 9.88 Å². The highest BCUT2D eigenvalue weighted by molar-refractivity contribution is 5.41. The predicted octanol–water partition coefficient (Wildman–Crippen LogP) is 3.76. The fourth-order valence-corrected chi connectivity index (χ4v) is 6.29. The van der Waals surface area contributed by atoms with Gasteiger partial charge in [0.05, 0.1) is 5.60 Å². The summed E-state index contributed by atoms with van der Waals surface area (Å²) < 4.78 is 6.30. The maximum Gasteiger partial charge on any atom is 0.269 e. The van der Waals surface area contributed by atoms with Gasteiger partial charge < -0.3 is 9.58 Å². The van der Waals surface area contributed by atoms with Crippen LogP contribution in [0.3, 0.4) is 0 Å². The molecule has 0 N–H and O–H groups in total. The Morgan fingerprint density at radius 1 is 1.25 bits per heavy atom. The van der Waals surface area contributed by atoms with Crippen molar-refractivity contribution in [2.24, 2.45) is 17.8 Å². The summed E-state index contributed by atoms with van der Waals surface area (Å²) >= 11 is 0. The molecule has 4 saturated carbocycles. The third-order valence-electron chi connectivity index (χ3n) is 7.53. The van der Waals surface area contributed by atoms with Gasteiger partial charge >= 0.3 is 0 Å². The Hall–Kier alpha value is -1.44. The van der Waals surface area contributed by atoms with Crippen molar-refractivity contribution in [1.29, 1.82) is 0 Å². The van der Waals surface area contributed by atoms with E-state index in [1.807, 2.05) is 13.2 Å². The third kappa shape index (κ3) is 1.78. The fourth-order valence-electron chi connectivity index (χ4n) is 6.29. The first kappa shape index (κ1) is 14.9. The summed E-state index contributed by atoms with van der Waals surface area (Å²) in [5.74, 6) is 2.58. The van der Waals surface area contributed by atoms with Crippen LogP contribution in [0, 0.1) is 24.3 Å². The molecule has 24 heavy (non-hydrogen) atoms. The average Bonchev–Trinajstić information content (AvgIpc) is 2.51. The molecule has 0 radical (unpaired) electrons. The molecule has 4 nitrogen and oxygen atoms in total. The van der Waals surface area contributed by atoms with Crippen molar-refractivity contribution >= 4 is 5.82 Å². The first-order valence-electron chi connectivity index (χ1n) is 9.34. The number of hydrogen-bond acceptors (Lipinski definition) is 3. The van der Waals surface area contributed by atoms with Crippen LogP contribution in [0.4, 0.5) is 5.82 Å². The molecule has 0 aromatic carbocycles. The number of pyridine rings is 1. The van der Waals surface area contributed by atoms with Gasteiger partial charge in [0.15, 0.2) is 0 Å². The topological polar surface area (TPSA) is 29.7 Å². The van der Waals surface area contributed by atoms with Gasteiger partial charge in [0.1, 0.15) is 6.20 Å². The monoisotopic (exact) mass is 323 g/mol. The van der Waals surface area contributed by atoms with E-state index >= 15 is 0 Å². The molecule has 4 bridgehead atoms. The minimum atomic E-state index is -0.222. The van der Waals surface area contributed by atoms with E-state index in [0.29, 0.717) is 23.2 Å². The van der Waals surface area contributed by atoms with E-state index in [9.17, 15) is 0 Å². The molecule has 0 amide bonds. The van der Waals surface area contributed by atoms with E-state index in [0.717, 1.165) is 19.0 Å². The quantitative estimate of drug-likeness (QED) is 0.793. The Morgan fingerprint density at radius 3 is 2.50 bits per heavy atom. The van der Waals surface area contributed by atoms with Gasteiger partial charge in [-0.05, 0) is 55.7 Å². The zero-order valence-electron chi connectivity index (χ0n) is 14.4. The molecule has 1 aromatic rings. The SMILES string of the molecule is [C-]#[N+]c1cc(C2(OC)C3CCCC2CN(C24CC(C2)C4)C3)ccn1. The van der Waals surface area contributed by atoms with Gasteiger partial charge in [-0.1, -0.05) is 13.0 Å². The summed E-state index contributed by atoms with van der Waals surface area (Å²) in [5, 5.41) is 0. The highest BCUT2D eigenvalue weighted by Crippen LogP contribution is 2.63. The first-order chi connectivity index (χ1) is 11.7. The summed E-state index contributed by atoms with van der Waals surface area (Å²) in [5.41, 5.74) is 1.51. The second-order valence-electron chi connectivity index (χ2n) is 8.44. The Morgan fingerprint density at radius 2 is 1.96 bits per heavy atom. The number of rotatable bonds is 3. The van der Waals surface area contributed by atoms with Crippen molar-refractivity contribution in [2.75, 3.05) is 20.2 Å². The number of methoxy groups -OCH3 is 1. The number of ether oxygens (including phenoxy) is 1. The molecule has 2 atom stereocenters. The Balaban J connectivity index is 1.52. The molecule has 4 heteroatoms. The van der Waals surface area contributed by atoms with E-state index in [4.69, 9.17) is 11.3 Å². The maximum absolute atomic E-state index is 7.30. The van der Waals surface area contributed by atoms with Crippen LogP contribution in [-0.4, -0.2) is 35.6 Å². The summed E-state index contributed by atoms with van der Waals surface area (Å²) in [6, 6.07) is 4.05. The van der Waals surface area contributed by atoms with Crippen LogP contribution in [0.25, 0.3) is 4.85 Å². The minimum Gasteiger partial charge on any atom is -0.373 e. The van der Waals surface area contributed by atoms with Crippen LogP contribution in [0.1, 0.15) is 44.1 Å². The molecule has 1 aliphatic heterocycles. The lowest BCUT2D eigenvalue weighted by molar-refractivity contribution is -0.226. The standard InChI is InChI=1S/C20H25N3O/c1-21-18-8-15(6-7-22-18)20(24-2)16-4-3-5-17(20)13-23(12-16)19-9-14(10-19)11-19/h6-8,14,16-17H,3-5,9-13H2,2H3. The van der Waals surface area contributed by atoms with Gasteiger partial charge in [-0.3, -0.25) is 4.90 Å². The molecule has 1 aromatic heterocycles. The van der Waals surface area contributed by atoms with E-state index in [2.05, 4.69) is 20.8 Å². The molecule has 2 heterocycles. The largest absolute Gasteiger partial charge is 0.373 e. The maximum atomic E-state index is 7.30. The molecule has 5 aliphatic rings. The second-order valence-corrected chi connectivity index (χ2v) is 8.44. The Kier molecular flexibility index (Phi) is 3.12. The van der Waals surface area contributed by atoms with Gasteiger partial charge in [-0.25, -0.2) is 0 Å². The third-order valence-corrected chi connectivity index (χ3v) is 7.53. The number of piperidine rings is 1. The van der Waals surface area contributed by atoms with Crippen molar-refractivity contribution in [3.8, 4) is 0 Å². The summed E-state index contributed by atoms with van der Waals surface area (Å²) in [6.45, 7) is 9.62. The summed E-state index contributed by atoms with van der Waals surface area (Å²) in [4.78, 5) is 10.5. The molecular formula is C20H25N3O. The molecule has 5 fully saturated rings. The van der Waals surface area contributed by atoms with Gasteiger partial charge in [0.2, 0.25) is 0 Å². The molecule has 0 spiro atoms. The molecule has 4 aliphatic carbocycles. The minimum absolute atomic E-state index is 0.222. The van der Waals surface area contributed by atoms with Gasteiger partial charge in [0.25, 0.3) is 5.82 Å². The van der Waals surface area contributed by atoms with E-state index in [1.54, 1.807) is 6.20 Å². The number of aromatic nitrogens is 1. The van der Waals surface area contributed by atoms with E-state index < -0.39 is 0 Å². The number of likely N-dealkylation sites (tertiary alicyclic amines) is 1. The average molecular weight is 323 g/mol. The van der Waals surface area contributed by atoms with Crippen LogP contribution < -0.4 is 0 Å². The van der Waals surface area contributed by atoms with Gasteiger partial charge in [-0.15, -0.1) is 4.98 Å². The van der Waals surface area contributed by atoms with Crippen LogP contribution in [0.15, 0.2) is 18.3 Å². The van der Waals surface area contributed by atoms with Crippen LogP contribution in [-0.2, 0) is 10.3 Å². The smallest absolute Gasteiger partial charge is 0.269 e. The Labute approximate surface area is 144 Å². The lowest BCUT2D eigenvalue weighted by Gasteiger charge is -2.70. The summed E-state index contributed by atoms with van der Waals surface area (Å²) in [7, 11) is 1.87. The highest BCUT2D eigenvalue weighted by Gasteiger charge is 2.63. The molecule has 126 valence electrons. The molecular weight excluding hydrogens is 298 g/mol. The zero-order valence-corrected chi connectivity index (χ0v) is 14.4. The molecule has 1 saturated heterocycles. The van der Waals surface area contributed by atoms with Crippen molar-refractivity contribution in [2.45, 2.75) is 49.7 Å². The van der Waals surface area contributed by atoms with Gasteiger partial charge in [-0.2, -0.15) is 0 Å². The predicted molar refractivity (Wildman–Crippen MR) is 91.7 cm³/mol. The lowest BCUT2D eigenvalue weighted by atomic mass is 9.48. The van der Waals surface area contributed by atoms with Crippen LogP contribution in [0.2, 0.25) is 0 Å². The second kappa shape index (κ2) is 5.03. The van der Waals surface area contributed by atoms with E-state index in [1.165, 1.54) is 44.1 Å². The number of fused-ring (bicyclic) bond motifs is 2. The molecule has 2 unspecified atom stereocenters. The van der Waals surface area contributed by atoms with Crippen molar-refractivity contribution < 1.29 is 4.74 Å².